The SMILES string of the molecule is C=CCN(C1CC1)S(=O)(=O)c1cc(N)cc(C)c1F. The fraction of sp³-hybridized carbons (Fsp3) is 0.385. The zero-order chi connectivity index (χ0) is 14.2. The molecule has 1 fully saturated rings. The number of halogens is 1. The van der Waals surface area contributed by atoms with E-state index in [1.807, 2.05) is 0 Å². The molecule has 0 spiro atoms. The summed E-state index contributed by atoms with van der Waals surface area (Å²) >= 11 is 0. The molecule has 0 radical (unpaired) electrons. The average Bonchev–Trinajstić information content (AvgIpc) is 3.14. The van der Waals surface area contributed by atoms with Crippen LogP contribution in [0.5, 0.6) is 0 Å². The van der Waals surface area contributed by atoms with Gasteiger partial charge in [0.05, 0.1) is 0 Å². The molecule has 1 aromatic carbocycles. The van der Waals surface area contributed by atoms with Gasteiger partial charge in [-0.2, -0.15) is 4.31 Å². The maximum atomic E-state index is 14.1. The number of hydrogen-bond acceptors (Lipinski definition) is 3. The monoisotopic (exact) mass is 284 g/mol. The molecule has 0 heterocycles. The predicted molar refractivity (Wildman–Crippen MR) is 72.7 cm³/mol. The molecular weight excluding hydrogens is 267 g/mol. The van der Waals surface area contributed by atoms with Crippen LogP contribution in [0.3, 0.4) is 0 Å². The number of rotatable bonds is 5. The predicted octanol–water partition coefficient (Wildman–Crippen LogP) is 2.06. The Morgan fingerprint density at radius 2 is 2.16 bits per heavy atom. The quantitative estimate of drug-likeness (QED) is 0.665. The van der Waals surface area contributed by atoms with Crippen molar-refractivity contribution in [2.24, 2.45) is 0 Å². The van der Waals surface area contributed by atoms with Crippen molar-refractivity contribution < 1.29 is 12.8 Å². The second-order valence-corrected chi connectivity index (χ2v) is 6.60. The smallest absolute Gasteiger partial charge is 0.246 e. The van der Waals surface area contributed by atoms with Crippen LogP contribution in [0.15, 0.2) is 29.7 Å². The van der Waals surface area contributed by atoms with Crippen LogP contribution in [-0.2, 0) is 10.0 Å². The van der Waals surface area contributed by atoms with Gasteiger partial charge < -0.3 is 5.73 Å². The summed E-state index contributed by atoms with van der Waals surface area (Å²) in [5, 5.41) is 0. The van der Waals surface area contributed by atoms with Gasteiger partial charge >= 0.3 is 0 Å². The summed E-state index contributed by atoms with van der Waals surface area (Å²) < 4.78 is 40.4. The minimum Gasteiger partial charge on any atom is -0.399 e. The van der Waals surface area contributed by atoms with Gasteiger partial charge in [0.25, 0.3) is 0 Å². The third-order valence-electron chi connectivity index (χ3n) is 3.09. The molecule has 0 atom stereocenters. The van der Waals surface area contributed by atoms with E-state index in [1.54, 1.807) is 0 Å². The standard InChI is InChI=1S/C13H17FN2O2S/c1-3-6-16(11-4-5-11)19(17,18)12-8-10(15)7-9(2)13(12)14/h3,7-8,11H,1,4-6,15H2,2H3. The Labute approximate surface area is 112 Å². The van der Waals surface area contributed by atoms with Crippen LogP contribution in [0.25, 0.3) is 0 Å². The van der Waals surface area contributed by atoms with Gasteiger partial charge in [-0.15, -0.1) is 6.58 Å². The van der Waals surface area contributed by atoms with Crippen molar-refractivity contribution in [2.75, 3.05) is 12.3 Å². The maximum Gasteiger partial charge on any atom is 0.246 e. The molecule has 0 amide bonds. The number of nitrogens with zero attached hydrogens (tertiary/aromatic N) is 1. The molecule has 1 saturated carbocycles. The highest BCUT2D eigenvalue weighted by atomic mass is 32.2. The van der Waals surface area contributed by atoms with Gasteiger partial charge in [0, 0.05) is 18.3 Å². The highest BCUT2D eigenvalue weighted by molar-refractivity contribution is 7.89. The number of hydrogen-bond donors (Lipinski definition) is 1. The zero-order valence-corrected chi connectivity index (χ0v) is 11.6. The van der Waals surface area contributed by atoms with Crippen molar-refractivity contribution >= 4 is 15.7 Å². The Balaban J connectivity index is 2.51. The van der Waals surface area contributed by atoms with E-state index in [-0.39, 0.29) is 28.7 Å². The van der Waals surface area contributed by atoms with Crippen molar-refractivity contribution in [3.8, 4) is 0 Å². The third kappa shape index (κ3) is 2.64. The Kier molecular flexibility index (Phi) is 3.64. The molecule has 0 bridgehead atoms. The molecule has 2 N–H and O–H groups in total. The molecule has 0 aliphatic heterocycles. The van der Waals surface area contributed by atoms with E-state index in [0.29, 0.717) is 0 Å². The molecule has 104 valence electrons. The zero-order valence-electron chi connectivity index (χ0n) is 10.8. The second-order valence-electron chi connectivity index (χ2n) is 4.74. The fourth-order valence-electron chi connectivity index (χ4n) is 2.01. The van der Waals surface area contributed by atoms with E-state index in [2.05, 4.69) is 6.58 Å². The van der Waals surface area contributed by atoms with Gasteiger partial charge in [0.15, 0.2) is 0 Å². The second kappa shape index (κ2) is 4.94. The minimum atomic E-state index is -3.87. The third-order valence-corrected chi connectivity index (χ3v) is 5.01. The van der Waals surface area contributed by atoms with Gasteiger partial charge in [0.1, 0.15) is 10.7 Å². The molecule has 1 aromatic rings. The molecule has 19 heavy (non-hydrogen) atoms. The van der Waals surface area contributed by atoms with Crippen LogP contribution in [0.2, 0.25) is 0 Å². The van der Waals surface area contributed by atoms with E-state index in [9.17, 15) is 12.8 Å². The maximum absolute atomic E-state index is 14.1. The van der Waals surface area contributed by atoms with Crippen LogP contribution in [0.1, 0.15) is 18.4 Å². The lowest BCUT2D eigenvalue weighted by Gasteiger charge is -2.21. The van der Waals surface area contributed by atoms with E-state index in [4.69, 9.17) is 5.73 Å². The summed E-state index contributed by atoms with van der Waals surface area (Å²) in [6.07, 6.45) is 3.11. The summed E-state index contributed by atoms with van der Waals surface area (Å²) in [7, 11) is -3.87. The van der Waals surface area contributed by atoms with Crippen molar-refractivity contribution in [3.05, 3.63) is 36.2 Å². The molecule has 4 nitrogen and oxygen atoms in total. The van der Waals surface area contributed by atoms with E-state index in [1.165, 1.54) is 29.4 Å². The molecule has 1 aliphatic carbocycles. The first-order valence-corrected chi connectivity index (χ1v) is 7.50. The number of aryl methyl sites for hydroxylation is 1. The number of sulfonamides is 1. The first-order chi connectivity index (χ1) is 8.87. The Morgan fingerprint density at radius 3 is 2.68 bits per heavy atom. The lowest BCUT2D eigenvalue weighted by atomic mass is 10.2. The summed E-state index contributed by atoms with van der Waals surface area (Å²) in [6, 6.07) is 2.54. The highest BCUT2D eigenvalue weighted by Crippen LogP contribution is 2.33. The molecule has 0 saturated heterocycles. The van der Waals surface area contributed by atoms with Gasteiger partial charge in [-0.3, -0.25) is 0 Å². The number of benzene rings is 1. The molecule has 0 aromatic heterocycles. The van der Waals surface area contributed by atoms with E-state index in [0.717, 1.165) is 12.8 Å². The van der Waals surface area contributed by atoms with Crippen LogP contribution >= 0.6 is 0 Å². The number of nitrogen functional groups attached to an aromatic ring is 1. The number of anilines is 1. The molecule has 2 rings (SSSR count). The van der Waals surface area contributed by atoms with Crippen molar-refractivity contribution in [1.29, 1.82) is 0 Å². The van der Waals surface area contributed by atoms with Crippen molar-refractivity contribution in [1.82, 2.24) is 4.31 Å². The Morgan fingerprint density at radius 1 is 1.53 bits per heavy atom. The summed E-state index contributed by atoms with van der Waals surface area (Å²) in [5.41, 5.74) is 6.09. The van der Waals surface area contributed by atoms with Gasteiger partial charge in [-0.05, 0) is 37.5 Å². The minimum absolute atomic E-state index is 0.0517. The highest BCUT2D eigenvalue weighted by Gasteiger charge is 2.38. The summed E-state index contributed by atoms with van der Waals surface area (Å²) in [6.45, 7) is 5.23. The normalized spacial score (nSPS) is 15.7. The number of nitrogens with two attached hydrogens (primary N) is 1. The molecule has 1 aliphatic rings. The van der Waals surface area contributed by atoms with E-state index < -0.39 is 15.8 Å². The van der Waals surface area contributed by atoms with Crippen LogP contribution in [-0.4, -0.2) is 25.3 Å². The van der Waals surface area contributed by atoms with Gasteiger partial charge in [-0.1, -0.05) is 6.08 Å². The van der Waals surface area contributed by atoms with Crippen molar-refractivity contribution in [3.63, 3.8) is 0 Å². The van der Waals surface area contributed by atoms with Crippen LogP contribution in [0, 0.1) is 12.7 Å². The molecule has 0 unspecified atom stereocenters. The van der Waals surface area contributed by atoms with Gasteiger partial charge in [-0.25, -0.2) is 12.8 Å². The molecular formula is C13H17FN2O2S. The largest absolute Gasteiger partial charge is 0.399 e. The summed E-state index contributed by atoms with van der Waals surface area (Å²) in [4.78, 5) is -0.348. The summed E-state index contributed by atoms with van der Waals surface area (Å²) in [5.74, 6) is -0.732. The first-order valence-electron chi connectivity index (χ1n) is 6.06. The van der Waals surface area contributed by atoms with E-state index >= 15 is 0 Å². The van der Waals surface area contributed by atoms with Crippen LogP contribution in [0.4, 0.5) is 10.1 Å². The first kappa shape index (κ1) is 14.0. The average molecular weight is 284 g/mol. The van der Waals surface area contributed by atoms with Crippen LogP contribution < -0.4 is 5.73 Å². The topological polar surface area (TPSA) is 63.4 Å². The van der Waals surface area contributed by atoms with Crippen molar-refractivity contribution in [2.45, 2.75) is 30.7 Å². The Hall–Kier alpha value is -1.40. The lowest BCUT2D eigenvalue weighted by molar-refractivity contribution is 0.430. The van der Waals surface area contributed by atoms with Gasteiger partial charge in [0.2, 0.25) is 10.0 Å². The molecule has 6 heteroatoms. The lowest BCUT2D eigenvalue weighted by Crippen LogP contribution is -2.34. The fourth-order valence-corrected chi connectivity index (χ4v) is 3.84. The Bertz CT molecular complexity index is 609.